The van der Waals surface area contributed by atoms with E-state index in [9.17, 15) is 4.79 Å². The molecule has 0 aliphatic rings. The Morgan fingerprint density at radius 1 is 1.15 bits per heavy atom. The van der Waals surface area contributed by atoms with Gasteiger partial charge in [-0.25, -0.2) is 4.79 Å². The molecule has 112 valence electrons. The Hall–Kier alpha value is -1.91. The van der Waals surface area contributed by atoms with Gasteiger partial charge < -0.3 is 19.7 Å². The van der Waals surface area contributed by atoms with Gasteiger partial charge in [0.25, 0.3) is 0 Å². The zero-order chi connectivity index (χ0) is 15.0. The van der Waals surface area contributed by atoms with E-state index in [1.165, 1.54) is 0 Å². The number of hydrogen-bond acceptors (Lipinski definition) is 3. The number of anilines is 1. The highest BCUT2D eigenvalue weighted by Gasteiger charge is 2.14. The monoisotopic (exact) mass is 280 g/mol. The molecular weight excluding hydrogens is 256 g/mol. The normalized spacial score (nSPS) is 10.0. The molecule has 1 rings (SSSR count). The Morgan fingerprint density at radius 3 is 2.30 bits per heavy atom. The molecule has 1 N–H and O–H groups in total. The lowest BCUT2D eigenvalue weighted by atomic mass is 10.2. The number of nitrogens with one attached hydrogen (secondary N) is 1. The van der Waals surface area contributed by atoms with E-state index in [4.69, 9.17) is 9.47 Å². The Balaban J connectivity index is 2.86. The smallest absolute Gasteiger partial charge is 0.321 e. The summed E-state index contributed by atoms with van der Waals surface area (Å²) >= 11 is 0. The second-order valence-electron chi connectivity index (χ2n) is 4.48. The molecule has 5 nitrogen and oxygen atoms in total. The van der Waals surface area contributed by atoms with Crippen molar-refractivity contribution in [1.29, 1.82) is 0 Å². The van der Waals surface area contributed by atoms with Gasteiger partial charge in [-0.1, -0.05) is 13.8 Å². The van der Waals surface area contributed by atoms with E-state index in [2.05, 4.69) is 19.2 Å². The summed E-state index contributed by atoms with van der Waals surface area (Å²) in [7, 11) is 3.17. The lowest BCUT2D eigenvalue weighted by molar-refractivity contribution is 0.211. The summed E-state index contributed by atoms with van der Waals surface area (Å²) in [4.78, 5) is 14.1. The molecule has 0 fully saturated rings. The topological polar surface area (TPSA) is 50.8 Å². The van der Waals surface area contributed by atoms with Gasteiger partial charge in [0.2, 0.25) is 0 Å². The van der Waals surface area contributed by atoms with Gasteiger partial charge in [0.05, 0.1) is 19.9 Å². The predicted molar refractivity (Wildman–Crippen MR) is 80.7 cm³/mol. The number of methoxy groups -OCH3 is 2. The van der Waals surface area contributed by atoms with Crippen LogP contribution in [-0.4, -0.2) is 38.2 Å². The molecule has 0 radical (unpaired) electrons. The van der Waals surface area contributed by atoms with Crippen molar-refractivity contribution >= 4 is 11.7 Å². The van der Waals surface area contributed by atoms with Gasteiger partial charge in [0, 0.05) is 19.2 Å². The van der Waals surface area contributed by atoms with Crippen molar-refractivity contribution in [2.24, 2.45) is 0 Å². The molecule has 5 heteroatoms. The van der Waals surface area contributed by atoms with Crippen molar-refractivity contribution in [3.05, 3.63) is 18.2 Å². The number of rotatable bonds is 7. The standard InChI is InChI=1S/C15H24N2O3/c1-5-9-17(10-6-2)15(18)16-13-11-12(19-3)7-8-14(13)20-4/h7-8,11H,5-6,9-10H2,1-4H3,(H,16,18). The maximum atomic E-state index is 12.3. The molecule has 20 heavy (non-hydrogen) atoms. The average molecular weight is 280 g/mol. The minimum Gasteiger partial charge on any atom is -0.497 e. The average Bonchev–Trinajstić information content (AvgIpc) is 2.46. The number of carbonyl (C=O) groups excluding carboxylic acids is 1. The van der Waals surface area contributed by atoms with Crippen LogP contribution >= 0.6 is 0 Å². The number of nitrogens with zero attached hydrogens (tertiary/aromatic N) is 1. The molecule has 0 atom stereocenters. The SMILES string of the molecule is CCCN(CCC)C(=O)Nc1cc(OC)ccc1OC. The second-order valence-corrected chi connectivity index (χ2v) is 4.48. The molecule has 0 saturated heterocycles. The van der Waals surface area contributed by atoms with Gasteiger partial charge in [0.15, 0.2) is 0 Å². The van der Waals surface area contributed by atoms with Crippen molar-refractivity contribution < 1.29 is 14.3 Å². The van der Waals surface area contributed by atoms with Gasteiger partial charge in [-0.05, 0) is 25.0 Å². The van der Waals surface area contributed by atoms with Crippen LogP contribution in [-0.2, 0) is 0 Å². The first-order valence-corrected chi connectivity index (χ1v) is 6.94. The minimum atomic E-state index is -0.111. The largest absolute Gasteiger partial charge is 0.497 e. The molecule has 0 aromatic heterocycles. The van der Waals surface area contributed by atoms with Crippen LogP contribution in [0, 0.1) is 0 Å². The van der Waals surface area contributed by atoms with Crippen LogP contribution in [0.2, 0.25) is 0 Å². The summed E-state index contributed by atoms with van der Waals surface area (Å²) < 4.78 is 10.4. The maximum Gasteiger partial charge on any atom is 0.321 e. The molecule has 0 saturated carbocycles. The van der Waals surface area contributed by atoms with E-state index in [0.717, 1.165) is 25.9 Å². The molecule has 0 bridgehead atoms. The van der Waals surface area contributed by atoms with Crippen LogP contribution in [0.5, 0.6) is 11.5 Å². The molecule has 0 aliphatic heterocycles. The predicted octanol–water partition coefficient (Wildman–Crippen LogP) is 3.36. The van der Waals surface area contributed by atoms with Gasteiger partial charge in [-0.2, -0.15) is 0 Å². The molecule has 2 amide bonds. The van der Waals surface area contributed by atoms with Crippen LogP contribution in [0.4, 0.5) is 10.5 Å². The fraction of sp³-hybridized carbons (Fsp3) is 0.533. The van der Waals surface area contributed by atoms with Crippen molar-refractivity contribution in [2.75, 3.05) is 32.6 Å². The van der Waals surface area contributed by atoms with Crippen LogP contribution in [0.1, 0.15) is 26.7 Å². The minimum absolute atomic E-state index is 0.111. The number of urea groups is 1. The Kier molecular flexibility index (Phi) is 6.70. The molecule has 0 aliphatic carbocycles. The summed E-state index contributed by atoms with van der Waals surface area (Å²) in [6.07, 6.45) is 1.87. The van der Waals surface area contributed by atoms with Gasteiger partial charge >= 0.3 is 6.03 Å². The Morgan fingerprint density at radius 2 is 1.80 bits per heavy atom. The lowest BCUT2D eigenvalue weighted by Crippen LogP contribution is -2.36. The van der Waals surface area contributed by atoms with E-state index >= 15 is 0 Å². The fourth-order valence-electron chi connectivity index (χ4n) is 1.96. The molecular formula is C15H24N2O3. The van der Waals surface area contributed by atoms with Crippen LogP contribution < -0.4 is 14.8 Å². The number of ether oxygens (including phenoxy) is 2. The zero-order valence-corrected chi connectivity index (χ0v) is 12.7. The quantitative estimate of drug-likeness (QED) is 0.833. The van der Waals surface area contributed by atoms with Crippen LogP contribution in [0.15, 0.2) is 18.2 Å². The second kappa shape index (κ2) is 8.30. The fourth-order valence-corrected chi connectivity index (χ4v) is 1.96. The Bertz CT molecular complexity index is 429. The van der Waals surface area contributed by atoms with E-state index in [1.807, 2.05) is 0 Å². The molecule has 1 aromatic rings. The van der Waals surface area contributed by atoms with Crippen molar-refractivity contribution in [2.45, 2.75) is 26.7 Å². The third kappa shape index (κ3) is 4.33. The van der Waals surface area contributed by atoms with Crippen molar-refractivity contribution in [1.82, 2.24) is 4.90 Å². The summed E-state index contributed by atoms with van der Waals surface area (Å²) in [6.45, 7) is 5.60. The third-order valence-corrected chi connectivity index (χ3v) is 2.92. The highest BCUT2D eigenvalue weighted by molar-refractivity contribution is 5.91. The molecule has 0 spiro atoms. The maximum absolute atomic E-state index is 12.3. The van der Waals surface area contributed by atoms with Crippen molar-refractivity contribution in [3.8, 4) is 11.5 Å². The molecule has 0 unspecified atom stereocenters. The third-order valence-electron chi connectivity index (χ3n) is 2.92. The van der Waals surface area contributed by atoms with Gasteiger partial charge in [-0.3, -0.25) is 0 Å². The zero-order valence-electron chi connectivity index (χ0n) is 12.7. The number of amides is 2. The van der Waals surface area contributed by atoms with Crippen molar-refractivity contribution in [3.63, 3.8) is 0 Å². The summed E-state index contributed by atoms with van der Waals surface area (Å²) in [6, 6.07) is 5.22. The summed E-state index contributed by atoms with van der Waals surface area (Å²) in [5.74, 6) is 1.30. The van der Waals surface area contributed by atoms with E-state index in [-0.39, 0.29) is 6.03 Å². The molecule has 0 heterocycles. The first-order chi connectivity index (χ1) is 9.65. The van der Waals surface area contributed by atoms with Crippen LogP contribution in [0.25, 0.3) is 0 Å². The van der Waals surface area contributed by atoms with E-state index < -0.39 is 0 Å². The Labute approximate surface area is 120 Å². The first-order valence-electron chi connectivity index (χ1n) is 6.94. The first kappa shape index (κ1) is 16.1. The number of hydrogen-bond donors (Lipinski definition) is 1. The van der Waals surface area contributed by atoms with Crippen LogP contribution in [0.3, 0.4) is 0 Å². The lowest BCUT2D eigenvalue weighted by Gasteiger charge is -2.22. The molecule has 1 aromatic carbocycles. The highest BCUT2D eigenvalue weighted by atomic mass is 16.5. The van der Waals surface area contributed by atoms with Gasteiger partial charge in [-0.15, -0.1) is 0 Å². The summed E-state index contributed by atoms with van der Waals surface area (Å²) in [5.41, 5.74) is 0.619. The number of carbonyl (C=O) groups is 1. The van der Waals surface area contributed by atoms with Gasteiger partial charge in [0.1, 0.15) is 11.5 Å². The number of benzene rings is 1. The highest BCUT2D eigenvalue weighted by Crippen LogP contribution is 2.29. The van der Waals surface area contributed by atoms with E-state index in [1.54, 1.807) is 37.3 Å². The summed E-state index contributed by atoms with van der Waals surface area (Å²) in [5, 5.41) is 2.89. The van der Waals surface area contributed by atoms with E-state index in [0.29, 0.717) is 17.2 Å².